The Kier molecular flexibility index (Phi) is 8.23. The van der Waals surface area contributed by atoms with Crippen molar-refractivity contribution in [2.75, 3.05) is 0 Å². The van der Waals surface area contributed by atoms with E-state index in [1.807, 2.05) is 0 Å². The molecule has 0 aliphatic heterocycles. The van der Waals surface area contributed by atoms with Crippen LogP contribution in [-0.4, -0.2) is 53.9 Å². The zero-order valence-corrected chi connectivity index (χ0v) is 14.4. The maximum atomic E-state index is 13.2. The Morgan fingerprint density at radius 2 is 0.938 bits per heavy atom. The molecule has 0 amide bonds. The monoisotopic (exact) mass is 516 g/mol. The van der Waals surface area contributed by atoms with Crippen molar-refractivity contribution in [3.63, 3.8) is 0 Å². The molecule has 0 aromatic carbocycles. The molecule has 5 nitrogen and oxygen atoms in total. The maximum Gasteiger partial charge on any atom is 0.483 e. The molecule has 0 heterocycles. The van der Waals surface area contributed by atoms with Gasteiger partial charge in [-0.05, 0) is 6.42 Å². The number of carbonyl (C=O) groups is 1. The second-order valence-corrected chi connectivity index (χ2v) is 5.43. The summed E-state index contributed by atoms with van der Waals surface area (Å²) in [5.74, 6) is -1.96. The van der Waals surface area contributed by atoms with Gasteiger partial charge in [-0.2, -0.15) is 65.9 Å². The SMILES string of the molecule is C=C(CCC(F)(F)OC(F)(F)C(F)(F)OC(F)(F)C(F)(F)OC(F)(F)C(F)(F)F)C(=O)O. The lowest BCUT2D eigenvalue weighted by Crippen LogP contribution is -2.58. The lowest BCUT2D eigenvalue weighted by Gasteiger charge is -2.34. The average Bonchev–Trinajstić information content (AvgIpc) is 2.47. The molecule has 190 valence electrons. The Morgan fingerprint density at radius 3 is 1.25 bits per heavy atom. The van der Waals surface area contributed by atoms with Crippen molar-refractivity contribution in [2.45, 2.75) is 55.7 Å². The minimum absolute atomic E-state index is 1.10. The van der Waals surface area contributed by atoms with Gasteiger partial charge in [0, 0.05) is 12.0 Å². The number of rotatable bonds is 12. The first-order valence-corrected chi connectivity index (χ1v) is 7.05. The molecule has 0 saturated carbocycles. The van der Waals surface area contributed by atoms with Crippen LogP contribution in [0.2, 0.25) is 0 Å². The number of hydrogen-bond acceptors (Lipinski definition) is 4. The highest BCUT2D eigenvalue weighted by Crippen LogP contribution is 2.50. The smallest absolute Gasteiger partial charge is 0.478 e. The highest BCUT2D eigenvalue weighted by Gasteiger charge is 2.76. The van der Waals surface area contributed by atoms with Gasteiger partial charge in [-0.1, -0.05) is 6.58 Å². The summed E-state index contributed by atoms with van der Waals surface area (Å²) in [5.41, 5.74) is -1.10. The normalized spacial score (nSPS) is 15.1. The van der Waals surface area contributed by atoms with Crippen molar-refractivity contribution in [2.24, 2.45) is 0 Å². The van der Waals surface area contributed by atoms with Crippen molar-refractivity contribution >= 4 is 5.97 Å². The van der Waals surface area contributed by atoms with Gasteiger partial charge in [0.2, 0.25) is 0 Å². The number of carboxylic acids is 1. The maximum absolute atomic E-state index is 13.2. The number of ether oxygens (including phenoxy) is 3. The third-order valence-corrected chi connectivity index (χ3v) is 2.82. The van der Waals surface area contributed by atoms with E-state index >= 15 is 0 Å². The van der Waals surface area contributed by atoms with Crippen molar-refractivity contribution in [3.8, 4) is 0 Å². The van der Waals surface area contributed by atoms with Crippen LogP contribution in [0.4, 0.5) is 65.9 Å². The molecular weight excluding hydrogens is 509 g/mol. The van der Waals surface area contributed by atoms with E-state index in [2.05, 4.69) is 11.3 Å². The minimum Gasteiger partial charge on any atom is -0.478 e. The topological polar surface area (TPSA) is 65.0 Å². The summed E-state index contributed by atoms with van der Waals surface area (Å²) in [6, 6.07) is 0. The second-order valence-electron chi connectivity index (χ2n) is 5.43. The summed E-state index contributed by atoms with van der Waals surface area (Å²) in [6.07, 6.45) is -52.3. The van der Waals surface area contributed by atoms with Crippen LogP contribution in [0.5, 0.6) is 0 Å². The molecule has 32 heavy (non-hydrogen) atoms. The second kappa shape index (κ2) is 8.76. The van der Waals surface area contributed by atoms with Crippen LogP contribution >= 0.6 is 0 Å². The molecule has 1 N–H and O–H groups in total. The summed E-state index contributed by atoms with van der Waals surface area (Å²) in [7, 11) is 0. The largest absolute Gasteiger partial charge is 0.483 e. The van der Waals surface area contributed by atoms with Gasteiger partial charge in [0.1, 0.15) is 0 Å². The van der Waals surface area contributed by atoms with E-state index in [9.17, 15) is 70.7 Å². The van der Waals surface area contributed by atoms with Crippen LogP contribution in [0.1, 0.15) is 12.8 Å². The number of hydrogen-bond donors (Lipinski definition) is 1. The number of alkyl halides is 15. The molecule has 0 spiro atoms. The molecule has 0 aromatic rings. The Labute approximate surface area is 165 Å². The lowest BCUT2D eigenvalue weighted by molar-refractivity contribution is -0.567. The predicted octanol–water partition coefficient (Wildman–Crippen LogP) is 5.58. The molecule has 0 rings (SSSR count). The summed E-state index contributed by atoms with van der Waals surface area (Å²) >= 11 is 0. The molecule has 20 heteroatoms. The van der Waals surface area contributed by atoms with Crippen LogP contribution in [0, 0.1) is 0 Å². The standard InChI is InChI=1S/C12H7F15O5/c1-4(5(28)29)2-3-6(13,14)30-9(20,21)10(22,23)32-12(26,27)11(24,25)31-8(18,19)7(15,16)17/h1-3H2,(H,28,29). The van der Waals surface area contributed by atoms with Crippen LogP contribution < -0.4 is 0 Å². The van der Waals surface area contributed by atoms with Crippen molar-refractivity contribution < 1.29 is 90.0 Å². The van der Waals surface area contributed by atoms with E-state index in [1.165, 1.54) is 4.74 Å². The Balaban J connectivity index is 5.61. The molecule has 0 saturated heterocycles. The zero-order valence-electron chi connectivity index (χ0n) is 14.4. The van der Waals surface area contributed by atoms with E-state index in [0.29, 0.717) is 0 Å². The fourth-order valence-electron chi connectivity index (χ4n) is 1.26. The summed E-state index contributed by atoms with van der Waals surface area (Å²) in [4.78, 5) is 10.3. The molecule has 0 radical (unpaired) electrons. The first kappa shape index (κ1) is 30.0. The lowest BCUT2D eigenvalue weighted by atomic mass is 10.1. The van der Waals surface area contributed by atoms with Gasteiger partial charge in [-0.25, -0.2) is 19.0 Å². The summed E-state index contributed by atoms with van der Waals surface area (Å²) in [6.45, 7) is 2.64. The van der Waals surface area contributed by atoms with Crippen molar-refractivity contribution in [3.05, 3.63) is 12.2 Å². The Bertz CT molecular complexity index is 699. The summed E-state index contributed by atoms with van der Waals surface area (Å²) < 4.78 is 196. The molecule has 0 unspecified atom stereocenters. The predicted molar refractivity (Wildman–Crippen MR) is 65.0 cm³/mol. The third-order valence-electron chi connectivity index (χ3n) is 2.82. The van der Waals surface area contributed by atoms with Crippen LogP contribution in [0.15, 0.2) is 12.2 Å². The highest BCUT2D eigenvalue weighted by atomic mass is 19.4. The average molecular weight is 516 g/mol. The number of aliphatic carboxylic acids is 1. The fraction of sp³-hybridized carbons (Fsp3) is 0.750. The van der Waals surface area contributed by atoms with E-state index in [4.69, 9.17) is 5.11 Å². The van der Waals surface area contributed by atoms with Crippen molar-refractivity contribution in [1.29, 1.82) is 0 Å². The number of halogens is 15. The Morgan fingerprint density at radius 1 is 0.625 bits per heavy atom. The van der Waals surface area contributed by atoms with Gasteiger partial charge < -0.3 is 5.11 Å². The van der Waals surface area contributed by atoms with Gasteiger partial charge in [0.25, 0.3) is 0 Å². The molecule has 0 fully saturated rings. The highest BCUT2D eigenvalue weighted by molar-refractivity contribution is 5.85. The first-order chi connectivity index (χ1) is 13.7. The van der Waals surface area contributed by atoms with Gasteiger partial charge in [0.05, 0.1) is 0 Å². The van der Waals surface area contributed by atoms with Crippen LogP contribution in [-0.2, 0) is 19.0 Å². The van der Waals surface area contributed by atoms with E-state index < -0.39 is 67.2 Å². The zero-order chi connectivity index (χ0) is 26.2. The van der Waals surface area contributed by atoms with Crippen LogP contribution in [0.25, 0.3) is 0 Å². The van der Waals surface area contributed by atoms with E-state index in [1.54, 1.807) is 4.74 Å². The van der Waals surface area contributed by atoms with Gasteiger partial charge >= 0.3 is 48.8 Å². The van der Waals surface area contributed by atoms with E-state index in [0.717, 1.165) is 0 Å². The molecule has 0 atom stereocenters. The molecule has 0 bridgehead atoms. The van der Waals surface area contributed by atoms with Gasteiger partial charge in [-0.3, -0.25) is 0 Å². The molecule has 0 aliphatic carbocycles. The number of carboxylic acid groups (broad SMARTS) is 1. The van der Waals surface area contributed by atoms with Gasteiger partial charge in [-0.15, -0.1) is 0 Å². The summed E-state index contributed by atoms with van der Waals surface area (Å²) in [5, 5.41) is 8.31. The fourth-order valence-corrected chi connectivity index (χ4v) is 1.26. The van der Waals surface area contributed by atoms with Crippen LogP contribution in [0.3, 0.4) is 0 Å². The molecule has 0 aromatic heterocycles. The first-order valence-electron chi connectivity index (χ1n) is 7.05. The molecular formula is C12H7F15O5. The molecule has 0 aliphatic rings. The minimum atomic E-state index is -7.41. The Hall–Kier alpha value is -1.96. The van der Waals surface area contributed by atoms with Crippen molar-refractivity contribution in [1.82, 2.24) is 0 Å². The quantitative estimate of drug-likeness (QED) is 0.271. The van der Waals surface area contributed by atoms with Gasteiger partial charge in [0.15, 0.2) is 0 Å². The third kappa shape index (κ3) is 7.29. The van der Waals surface area contributed by atoms with E-state index in [-0.39, 0.29) is 0 Å².